The van der Waals surface area contributed by atoms with E-state index in [1.54, 1.807) is 11.9 Å². The van der Waals surface area contributed by atoms with Gasteiger partial charge in [0.1, 0.15) is 29.3 Å². The van der Waals surface area contributed by atoms with Crippen LogP contribution < -0.4 is 19.9 Å². The van der Waals surface area contributed by atoms with Gasteiger partial charge in [-0.2, -0.15) is 18.2 Å². The Labute approximate surface area is 177 Å². The zero-order valence-corrected chi connectivity index (χ0v) is 17.6. The minimum Gasteiger partial charge on any atom is -0.489 e. The van der Waals surface area contributed by atoms with Gasteiger partial charge in [0.25, 0.3) is 0 Å². The highest BCUT2D eigenvalue weighted by Gasteiger charge is 2.36. The number of carbonyl (C=O) groups excluding carboxylic acids is 1. The monoisotopic (exact) mass is 436 g/mol. The molecule has 0 aromatic carbocycles. The number of carbonyl (C=O) groups is 1. The minimum absolute atomic E-state index is 0.0147. The summed E-state index contributed by atoms with van der Waals surface area (Å²) in [6.45, 7) is 3.67. The van der Waals surface area contributed by atoms with E-state index < -0.39 is 11.9 Å². The second kappa shape index (κ2) is 7.54. The molecule has 166 valence electrons. The molecule has 1 N–H and O–H groups in total. The summed E-state index contributed by atoms with van der Waals surface area (Å²) < 4.78 is 43.5. The molecular formula is C20H23F3N6O2. The number of pyridine rings is 1. The van der Waals surface area contributed by atoms with Crippen LogP contribution in [-0.4, -0.2) is 53.1 Å². The minimum atomic E-state index is -4.47. The molecule has 2 aliphatic rings. The molecule has 0 unspecified atom stereocenters. The lowest BCUT2D eigenvalue weighted by Crippen LogP contribution is -2.50. The molecule has 2 aromatic heterocycles. The lowest BCUT2D eigenvalue weighted by molar-refractivity contribution is -0.141. The highest BCUT2D eigenvalue weighted by molar-refractivity contribution is 6.04. The first-order chi connectivity index (χ1) is 14.5. The van der Waals surface area contributed by atoms with Crippen LogP contribution in [0.3, 0.4) is 0 Å². The Kier molecular flexibility index (Phi) is 5.14. The summed E-state index contributed by atoms with van der Waals surface area (Å²) in [6, 6.07) is 1.95. The average molecular weight is 436 g/mol. The van der Waals surface area contributed by atoms with Crippen LogP contribution >= 0.6 is 0 Å². The summed E-state index contributed by atoms with van der Waals surface area (Å²) in [5.41, 5.74) is 0.449. The number of ether oxygens (including phenoxy) is 1. The van der Waals surface area contributed by atoms with E-state index in [1.807, 2.05) is 25.8 Å². The molecule has 1 fully saturated rings. The Morgan fingerprint density at radius 1 is 1.19 bits per heavy atom. The van der Waals surface area contributed by atoms with E-state index in [4.69, 9.17) is 4.74 Å². The van der Waals surface area contributed by atoms with Crippen molar-refractivity contribution in [3.8, 4) is 5.75 Å². The van der Waals surface area contributed by atoms with Gasteiger partial charge < -0.3 is 19.9 Å². The number of hydrogen-bond donors (Lipinski definition) is 1. The van der Waals surface area contributed by atoms with Gasteiger partial charge in [-0.3, -0.25) is 4.79 Å². The average Bonchev–Trinajstić information content (AvgIpc) is 2.68. The van der Waals surface area contributed by atoms with E-state index in [0.717, 1.165) is 12.3 Å². The quantitative estimate of drug-likeness (QED) is 0.789. The predicted octanol–water partition coefficient (Wildman–Crippen LogP) is 3.02. The molecule has 1 aliphatic carbocycles. The largest absolute Gasteiger partial charge is 0.489 e. The van der Waals surface area contributed by atoms with Gasteiger partial charge in [0.05, 0.1) is 11.9 Å². The van der Waals surface area contributed by atoms with Gasteiger partial charge in [-0.25, -0.2) is 9.97 Å². The lowest BCUT2D eigenvalue weighted by Gasteiger charge is -2.38. The maximum atomic E-state index is 12.6. The number of rotatable bonds is 4. The topological polar surface area (TPSA) is 83.5 Å². The third-order valence-corrected chi connectivity index (χ3v) is 5.74. The summed E-state index contributed by atoms with van der Waals surface area (Å²) >= 11 is 0. The van der Waals surface area contributed by atoms with E-state index in [9.17, 15) is 18.0 Å². The van der Waals surface area contributed by atoms with Crippen LogP contribution in [0.25, 0.3) is 0 Å². The van der Waals surface area contributed by atoms with Crippen molar-refractivity contribution in [1.29, 1.82) is 0 Å². The zero-order valence-electron chi connectivity index (χ0n) is 17.6. The molecule has 3 heterocycles. The maximum Gasteiger partial charge on any atom is 0.433 e. The normalized spacial score (nSPS) is 23.3. The van der Waals surface area contributed by atoms with Gasteiger partial charge in [0, 0.05) is 33.0 Å². The van der Waals surface area contributed by atoms with Gasteiger partial charge in [0.2, 0.25) is 11.9 Å². The first-order valence-corrected chi connectivity index (χ1v) is 9.90. The van der Waals surface area contributed by atoms with Crippen molar-refractivity contribution in [2.75, 3.05) is 29.2 Å². The molecule has 2 aromatic rings. The van der Waals surface area contributed by atoms with E-state index in [1.165, 1.54) is 6.07 Å². The number of nitrogens with one attached hydrogen (secondary N) is 1. The molecule has 0 spiro atoms. The van der Waals surface area contributed by atoms with Crippen LogP contribution in [0.5, 0.6) is 5.75 Å². The fraction of sp³-hybridized carbons (Fsp3) is 0.500. The number of anilines is 3. The van der Waals surface area contributed by atoms with E-state index >= 15 is 0 Å². The highest BCUT2D eigenvalue weighted by atomic mass is 19.4. The van der Waals surface area contributed by atoms with Crippen LogP contribution in [0.15, 0.2) is 18.3 Å². The third kappa shape index (κ3) is 3.96. The SMILES string of the molecule is Cc1nc(N[C@H]2C[C@H](Oc3ccc(C(F)(F)F)nc3)C2)nc2c1N(C)C(=O)[C@H](C)N2C. The first kappa shape index (κ1) is 21.1. The second-order valence-electron chi connectivity index (χ2n) is 7.92. The molecule has 1 amide bonds. The smallest absolute Gasteiger partial charge is 0.433 e. The van der Waals surface area contributed by atoms with Gasteiger partial charge in [-0.1, -0.05) is 0 Å². The summed E-state index contributed by atoms with van der Waals surface area (Å²) in [5.74, 6) is 1.45. The van der Waals surface area contributed by atoms with Crippen molar-refractivity contribution < 1.29 is 22.7 Å². The molecule has 1 aliphatic heterocycles. The van der Waals surface area contributed by atoms with Gasteiger partial charge in [0.15, 0.2) is 5.82 Å². The van der Waals surface area contributed by atoms with Crippen molar-refractivity contribution in [3.63, 3.8) is 0 Å². The Balaban J connectivity index is 1.38. The van der Waals surface area contributed by atoms with Crippen molar-refractivity contribution in [1.82, 2.24) is 15.0 Å². The van der Waals surface area contributed by atoms with E-state index in [2.05, 4.69) is 20.3 Å². The van der Waals surface area contributed by atoms with Crippen LogP contribution in [0.1, 0.15) is 31.2 Å². The van der Waals surface area contributed by atoms with Gasteiger partial charge in [-0.15, -0.1) is 0 Å². The number of aromatic nitrogens is 3. The Bertz CT molecular complexity index is 992. The summed E-state index contributed by atoms with van der Waals surface area (Å²) in [6.07, 6.45) is -2.18. The molecule has 1 saturated carbocycles. The molecular weight excluding hydrogens is 413 g/mol. The summed E-state index contributed by atoms with van der Waals surface area (Å²) in [5, 5.41) is 3.28. The van der Waals surface area contributed by atoms with Crippen LogP contribution in [-0.2, 0) is 11.0 Å². The van der Waals surface area contributed by atoms with Crippen molar-refractivity contribution in [2.45, 2.75) is 51.1 Å². The fourth-order valence-corrected chi connectivity index (χ4v) is 3.77. The second-order valence-corrected chi connectivity index (χ2v) is 7.92. The summed E-state index contributed by atoms with van der Waals surface area (Å²) in [4.78, 5) is 28.3. The van der Waals surface area contributed by atoms with Gasteiger partial charge in [-0.05, 0) is 26.0 Å². The van der Waals surface area contributed by atoms with E-state index in [0.29, 0.717) is 41.7 Å². The fourth-order valence-electron chi connectivity index (χ4n) is 3.77. The number of alkyl halides is 3. The van der Waals surface area contributed by atoms with Crippen molar-refractivity contribution >= 4 is 23.4 Å². The number of aryl methyl sites for hydroxylation is 1. The van der Waals surface area contributed by atoms with Crippen LogP contribution in [0.2, 0.25) is 0 Å². The van der Waals surface area contributed by atoms with Crippen LogP contribution in [0, 0.1) is 6.92 Å². The number of likely N-dealkylation sites (N-methyl/N-ethyl adjacent to an activating group) is 2. The molecule has 4 rings (SSSR count). The predicted molar refractivity (Wildman–Crippen MR) is 108 cm³/mol. The standard InChI is InChI=1S/C20H23F3N6O2/c1-10-16-17(28(3)11(2)18(30)29(16)4)27-19(25-10)26-12-7-14(8-12)31-13-5-6-15(24-9-13)20(21,22)23/h5-6,9,11-12,14H,7-8H2,1-4H3,(H,25,26,27)/t11-,12-,14-/m0/s1. The number of halogens is 3. The number of amides is 1. The molecule has 11 heteroatoms. The Morgan fingerprint density at radius 3 is 2.52 bits per heavy atom. The molecule has 0 radical (unpaired) electrons. The molecule has 8 nitrogen and oxygen atoms in total. The Morgan fingerprint density at radius 2 is 1.90 bits per heavy atom. The molecule has 31 heavy (non-hydrogen) atoms. The van der Waals surface area contributed by atoms with E-state index in [-0.39, 0.29) is 24.1 Å². The molecule has 0 bridgehead atoms. The highest BCUT2D eigenvalue weighted by Crippen LogP contribution is 2.36. The lowest BCUT2D eigenvalue weighted by atomic mass is 9.89. The molecule has 1 atom stereocenters. The summed E-state index contributed by atoms with van der Waals surface area (Å²) in [7, 11) is 3.55. The van der Waals surface area contributed by atoms with Gasteiger partial charge >= 0.3 is 6.18 Å². The van der Waals surface area contributed by atoms with Crippen LogP contribution in [0.4, 0.5) is 30.6 Å². The zero-order chi connectivity index (χ0) is 22.5. The van der Waals surface area contributed by atoms with Crippen molar-refractivity contribution in [2.24, 2.45) is 0 Å². The number of hydrogen-bond acceptors (Lipinski definition) is 7. The number of fused-ring (bicyclic) bond motifs is 1. The maximum absolute atomic E-state index is 12.6. The van der Waals surface area contributed by atoms with Crippen molar-refractivity contribution in [3.05, 3.63) is 29.7 Å². The first-order valence-electron chi connectivity index (χ1n) is 9.90. The number of nitrogens with zero attached hydrogens (tertiary/aromatic N) is 5. The third-order valence-electron chi connectivity index (χ3n) is 5.74. The Hall–Kier alpha value is -3.11. The molecule has 0 saturated heterocycles.